The van der Waals surface area contributed by atoms with Gasteiger partial charge in [-0.2, -0.15) is 0 Å². The Morgan fingerprint density at radius 3 is 2.37 bits per heavy atom. The van der Waals surface area contributed by atoms with Crippen LogP contribution in [0, 0.1) is 0 Å². The van der Waals surface area contributed by atoms with Crippen molar-refractivity contribution in [3.8, 4) is 5.75 Å². The molecule has 27 heavy (non-hydrogen) atoms. The van der Waals surface area contributed by atoms with E-state index in [1.807, 2.05) is 12.1 Å². The van der Waals surface area contributed by atoms with Gasteiger partial charge in [-0.15, -0.1) is 0 Å². The summed E-state index contributed by atoms with van der Waals surface area (Å²) in [6.45, 7) is -0.437. The van der Waals surface area contributed by atoms with Crippen molar-refractivity contribution in [3.63, 3.8) is 0 Å². The third-order valence-electron chi connectivity index (χ3n) is 3.47. The summed E-state index contributed by atoms with van der Waals surface area (Å²) in [5, 5.41) is 2.56. The van der Waals surface area contributed by atoms with E-state index in [2.05, 4.69) is 10.1 Å². The van der Waals surface area contributed by atoms with Gasteiger partial charge in [-0.3, -0.25) is 4.79 Å². The molecular formula is C20H19NO6. The third kappa shape index (κ3) is 6.00. The van der Waals surface area contributed by atoms with Gasteiger partial charge in [0.25, 0.3) is 5.91 Å². The normalized spacial score (nSPS) is 10.3. The zero-order valence-corrected chi connectivity index (χ0v) is 14.9. The molecule has 0 aliphatic carbocycles. The van der Waals surface area contributed by atoms with E-state index in [-0.39, 0.29) is 0 Å². The first-order valence-electron chi connectivity index (χ1n) is 7.99. The van der Waals surface area contributed by atoms with Crippen molar-refractivity contribution in [2.45, 2.75) is 0 Å². The molecule has 0 saturated carbocycles. The summed E-state index contributed by atoms with van der Waals surface area (Å²) in [6, 6.07) is 13.3. The first-order chi connectivity index (χ1) is 13.0. The number of benzene rings is 2. The van der Waals surface area contributed by atoms with Crippen LogP contribution in [0.15, 0.2) is 54.6 Å². The van der Waals surface area contributed by atoms with E-state index in [1.165, 1.54) is 32.4 Å². The highest BCUT2D eigenvalue weighted by molar-refractivity contribution is 5.95. The summed E-state index contributed by atoms with van der Waals surface area (Å²) >= 11 is 0. The number of para-hydroxylation sites is 1. The Labute approximate surface area is 156 Å². The van der Waals surface area contributed by atoms with Crippen molar-refractivity contribution in [2.75, 3.05) is 26.1 Å². The summed E-state index contributed by atoms with van der Waals surface area (Å²) in [4.78, 5) is 34.9. The second kappa shape index (κ2) is 9.76. The molecular weight excluding hydrogens is 350 g/mol. The number of rotatable bonds is 7. The SMILES string of the molecule is COC(=O)c1ccc(NC(=O)COC(=O)/C=C/c2ccccc2OC)cc1. The molecule has 2 aromatic carbocycles. The van der Waals surface area contributed by atoms with Crippen LogP contribution in [-0.2, 0) is 19.1 Å². The van der Waals surface area contributed by atoms with E-state index < -0.39 is 24.5 Å². The Kier molecular flexibility index (Phi) is 7.13. The number of anilines is 1. The predicted molar refractivity (Wildman–Crippen MR) is 99.4 cm³/mol. The van der Waals surface area contributed by atoms with Crippen molar-refractivity contribution < 1.29 is 28.6 Å². The molecule has 0 saturated heterocycles. The number of nitrogens with one attached hydrogen (secondary N) is 1. The van der Waals surface area contributed by atoms with Crippen LogP contribution >= 0.6 is 0 Å². The summed E-state index contributed by atoms with van der Waals surface area (Å²) in [5.74, 6) is -1.00. The molecule has 1 amide bonds. The van der Waals surface area contributed by atoms with Crippen molar-refractivity contribution in [1.29, 1.82) is 0 Å². The van der Waals surface area contributed by atoms with Gasteiger partial charge < -0.3 is 19.5 Å². The van der Waals surface area contributed by atoms with Crippen molar-refractivity contribution in [1.82, 2.24) is 0 Å². The van der Waals surface area contributed by atoms with Crippen LogP contribution in [-0.4, -0.2) is 38.7 Å². The fraction of sp³-hybridized carbons (Fsp3) is 0.150. The molecule has 7 heteroatoms. The monoisotopic (exact) mass is 369 g/mol. The summed E-state index contributed by atoms with van der Waals surface area (Å²) in [7, 11) is 2.82. The second-order valence-corrected chi connectivity index (χ2v) is 5.30. The van der Waals surface area contributed by atoms with Gasteiger partial charge in [0.2, 0.25) is 0 Å². The van der Waals surface area contributed by atoms with E-state index >= 15 is 0 Å². The van der Waals surface area contributed by atoms with Crippen LogP contribution in [0.3, 0.4) is 0 Å². The van der Waals surface area contributed by atoms with Crippen LogP contribution in [0.25, 0.3) is 6.08 Å². The van der Waals surface area contributed by atoms with Crippen molar-refractivity contribution >= 4 is 29.6 Å². The van der Waals surface area contributed by atoms with Gasteiger partial charge in [0, 0.05) is 17.3 Å². The average Bonchev–Trinajstić information content (AvgIpc) is 2.70. The fourth-order valence-corrected chi connectivity index (χ4v) is 2.15. The minimum absolute atomic E-state index is 0.364. The summed E-state index contributed by atoms with van der Waals surface area (Å²) < 4.78 is 14.7. The molecule has 0 heterocycles. The lowest BCUT2D eigenvalue weighted by atomic mass is 10.2. The number of hydrogen-bond donors (Lipinski definition) is 1. The summed E-state index contributed by atoms with van der Waals surface area (Å²) in [5.41, 5.74) is 1.55. The van der Waals surface area contributed by atoms with E-state index in [4.69, 9.17) is 9.47 Å². The van der Waals surface area contributed by atoms with Crippen molar-refractivity contribution in [3.05, 3.63) is 65.7 Å². The molecule has 0 atom stereocenters. The zero-order valence-electron chi connectivity index (χ0n) is 14.9. The highest BCUT2D eigenvalue weighted by atomic mass is 16.5. The van der Waals surface area contributed by atoms with Crippen LogP contribution in [0.4, 0.5) is 5.69 Å². The number of hydrogen-bond acceptors (Lipinski definition) is 6. The Balaban J connectivity index is 1.83. The number of esters is 2. The molecule has 0 unspecified atom stereocenters. The van der Waals surface area contributed by atoms with Crippen molar-refractivity contribution in [2.24, 2.45) is 0 Å². The summed E-state index contributed by atoms with van der Waals surface area (Å²) in [6.07, 6.45) is 2.76. The molecule has 0 bridgehead atoms. The Bertz CT molecular complexity index is 842. The number of methoxy groups -OCH3 is 2. The van der Waals surface area contributed by atoms with E-state index in [0.717, 1.165) is 0 Å². The minimum Gasteiger partial charge on any atom is -0.496 e. The number of ether oxygens (including phenoxy) is 3. The van der Waals surface area contributed by atoms with Gasteiger partial charge in [-0.05, 0) is 36.4 Å². The molecule has 0 aliphatic rings. The van der Waals surface area contributed by atoms with Gasteiger partial charge in [-0.1, -0.05) is 18.2 Å². The highest BCUT2D eigenvalue weighted by Crippen LogP contribution is 2.18. The first-order valence-corrected chi connectivity index (χ1v) is 7.99. The average molecular weight is 369 g/mol. The molecule has 0 aliphatic heterocycles. The number of carbonyl (C=O) groups is 3. The van der Waals surface area contributed by atoms with Crippen LogP contribution < -0.4 is 10.1 Å². The Morgan fingerprint density at radius 2 is 1.70 bits per heavy atom. The van der Waals surface area contributed by atoms with Crippen LogP contribution in [0.1, 0.15) is 15.9 Å². The zero-order chi connectivity index (χ0) is 19.6. The van der Waals surface area contributed by atoms with E-state index in [9.17, 15) is 14.4 Å². The standard InChI is InChI=1S/C20H19NO6/c1-25-17-6-4-3-5-14(17)9-12-19(23)27-13-18(22)21-16-10-7-15(8-11-16)20(24)26-2/h3-12H,13H2,1-2H3,(H,21,22)/b12-9+. The topological polar surface area (TPSA) is 90.9 Å². The van der Waals surface area contributed by atoms with E-state index in [1.54, 1.807) is 30.3 Å². The maximum atomic E-state index is 11.8. The van der Waals surface area contributed by atoms with Crippen LogP contribution in [0.2, 0.25) is 0 Å². The minimum atomic E-state index is -0.655. The number of carbonyl (C=O) groups excluding carboxylic acids is 3. The molecule has 1 N–H and O–H groups in total. The lowest BCUT2D eigenvalue weighted by molar-refractivity contribution is -0.142. The van der Waals surface area contributed by atoms with Gasteiger partial charge >= 0.3 is 11.9 Å². The van der Waals surface area contributed by atoms with Gasteiger partial charge in [0.1, 0.15) is 5.75 Å². The van der Waals surface area contributed by atoms with E-state index in [0.29, 0.717) is 22.6 Å². The smallest absolute Gasteiger partial charge is 0.337 e. The molecule has 7 nitrogen and oxygen atoms in total. The second-order valence-electron chi connectivity index (χ2n) is 5.30. The van der Waals surface area contributed by atoms with Gasteiger partial charge in [0.05, 0.1) is 19.8 Å². The Morgan fingerprint density at radius 1 is 1.00 bits per heavy atom. The molecule has 0 radical (unpaired) electrons. The highest BCUT2D eigenvalue weighted by Gasteiger charge is 2.08. The lowest BCUT2D eigenvalue weighted by Gasteiger charge is -2.06. The third-order valence-corrected chi connectivity index (χ3v) is 3.47. The fourth-order valence-electron chi connectivity index (χ4n) is 2.15. The molecule has 0 spiro atoms. The lowest BCUT2D eigenvalue weighted by Crippen LogP contribution is -2.20. The van der Waals surface area contributed by atoms with Gasteiger partial charge in [0.15, 0.2) is 6.61 Å². The maximum Gasteiger partial charge on any atom is 0.337 e. The van der Waals surface area contributed by atoms with Gasteiger partial charge in [-0.25, -0.2) is 9.59 Å². The molecule has 2 rings (SSSR count). The predicted octanol–water partition coefficient (Wildman–Crippen LogP) is 2.68. The van der Waals surface area contributed by atoms with Crippen LogP contribution in [0.5, 0.6) is 5.75 Å². The quantitative estimate of drug-likeness (QED) is 0.596. The largest absolute Gasteiger partial charge is 0.496 e. The molecule has 2 aromatic rings. The molecule has 0 aromatic heterocycles. The number of amides is 1. The Hall–Kier alpha value is -3.61. The molecule has 140 valence electrons. The maximum absolute atomic E-state index is 11.8. The first kappa shape index (κ1) is 19.7. The molecule has 0 fully saturated rings.